The number of hydrogen-bond acceptors (Lipinski definition) is 4. The molecule has 0 bridgehead atoms. The number of carbonyl (C=O) groups excluding carboxylic acids is 2. The highest BCUT2D eigenvalue weighted by atomic mass is 16.5. The molecule has 5 nitrogen and oxygen atoms in total. The average Bonchev–Trinajstić information content (AvgIpc) is 3.29. The van der Waals surface area contributed by atoms with E-state index in [1.54, 1.807) is 0 Å². The number of allylic oxidation sites excluding steroid dienone is 2. The molecule has 5 heteroatoms. The van der Waals surface area contributed by atoms with E-state index < -0.39 is 0 Å². The maximum absolute atomic E-state index is 13.1. The van der Waals surface area contributed by atoms with Crippen LogP contribution in [0.3, 0.4) is 0 Å². The molecule has 0 unspecified atom stereocenters. The lowest BCUT2D eigenvalue weighted by Crippen LogP contribution is -2.41. The van der Waals surface area contributed by atoms with E-state index in [1.165, 1.54) is 24.2 Å². The molecule has 3 atom stereocenters. The van der Waals surface area contributed by atoms with E-state index >= 15 is 0 Å². The Morgan fingerprint density at radius 1 is 0.966 bits per heavy atom. The quantitative estimate of drug-likeness (QED) is 0.376. The highest BCUT2D eigenvalue weighted by Gasteiger charge is 2.46. The normalized spacial score (nSPS) is 26.9. The molecule has 1 aliphatic carbocycles. The molecule has 2 amide bonds. The summed E-state index contributed by atoms with van der Waals surface area (Å²) < 4.78 is 5.78. The van der Waals surface area contributed by atoms with Crippen molar-refractivity contribution >= 4 is 17.5 Å². The van der Waals surface area contributed by atoms with Gasteiger partial charge in [-0.05, 0) is 55.4 Å². The zero-order chi connectivity index (χ0) is 20.2. The fraction of sp³-hybridized carbons (Fsp3) is 0.583. The number of imide groups is 1. The fourth-order valence-corrected chi connectivity index (χ4v) is 4.89. The second-order valence-corrected chi connectivity index (χ2v) is 8.61. The van der Waals surface area contributed by atoms with E-state index in [1.807, 2.05) is 24.3 Å². The Labute approximate surface area is 173 Å². The smallest absolute Gasteiger partial charge is 0.251 e. The lowest BCUT2D eigenvalue weighted by molar-refractivity contribution is -0.122. The minimum atomic E-state index is -0.303. The Balaban J connectivity index is 1.35. The molecule has 0 spiro atoms. The second kappa shape index (κ2) is 9.12. The van der Waals surface area contributed by atoms with Gasteiger partial charge in [0.25, 0.3) is 5.91 Å². The molecule has 0 radical (unpaired) electrons. The summed E-state index contributed by atoms with van der Waals surface area (Å²) in [6.07, 6.45) is 11.7. The molecule has 2 heterocycles. The van der Waals surface area contributed by atoms with Gasteiger partial charge in [-0.2, -0.15) is 0 Å². The first-order valence-corrected chi connectivity index (χ1v) is 11.2. The maximum Gasteiger partial charge on any atom is 0.251 e. The van der Waals surface area contributed by atoms with Crippen LogP contribution in [0.4, 0.5) is 5.69 Å². The van der Waals surface area contributed by atoms with E-state index in [0.717, 1.165) is 38.1 Å². The van der Waals surface area contributed by atoms with E-state index in [4.69, 9.17) is 4.74 Å². The van der Waals surface area contributed by atoms with Gasteiger partial charge in [-0.25, -0.2) is 4.90 Å². The van der Waals surface area contributed by atoms with Gasteiger partial charge in [-0.15, -0.1) is 0 Å². The number of likely N-dealkylation sites (tertiary alicyclic amines) is 1. The molecular weight excluding hydrogens is 364 g/mol. The number of ether oxygens (including phenoxy) is 1. The Bertz CT molecular complexity index is 742. The van der Waals surface area contributed by atoms with Crippen molar-refractivity contribution in [1.29, 1.82) is 0 Å². The number of unbranched alkanes of at least 4 members (excludes halogenated alkanes) is 3. The first kappa shape index (κ1) is 20.1. The Kier molecular flexibility index (Phi) is 6.34. The molecule has 2 fully saturated rings. The molecule has 2 saturated heterocycles. The number of rotatable bonds is 8. The molecule has 156 valence electrons. The van der Waals surface area contributed by atoms with Crippen molar-refractivity contribution in [3.63, 3.8) is 0 Å². The van der Waals surface area contributed by atoms with Gasteiger partial charge in [0, 0.05) is 13.1 Å². The second-order valence-electron chi connectivity index (χ2n) is 8.61. The summed E-state index contributed by atoms with van der Waals surface area (Å²) in [6, 6.07) is 7.07. The monoisotopic (exact) mass is 396 g/mol. The van der Waals surface area contributed by atoms with E-state index in [9.17, 15) is 9.59 Å². The maximum atomic E-state index is 13.1. The van der Waals surface area contributed by atoms with Crippen molar-refractivity contribution in [1.82, 2.24) is 4.90 Å². The van der Waals surface area contributed by atoms with Gasteiger partial charge in [-0.1, -0.05) is 38.3 Å². The minimum absolute atomic E-state index is 0.0742. The van der Waals surface area contributed by atoms with Crippen molar-refractivity contribution in [2.75, 3.05) is 24.6 Å². The van der Waals surface area contributed by atoms with E-state index in [-0.39, 0.29) is 17.9 Å². The van der Waals surface area contributed by atoms with Gasteiger partial charge >= 0.3 is 0 Å². The lowest BCUT2D eigenvalue weighted by atomic mass is 9.86. The summed E-state index contributed by atoms with van der Waals surface area (Å²) in [5.74, 6) is 1.88. The molecule has 1 aromatic carbocycles. The molecule has 0 N–H and O–H groups in total. The van der Waals surface area contributed by atoms with Crippen LogP contribution in [-0.2, 0) is 9.59 Å². The number of fused-ring (bicyclic) bond motifs is 1. The SMILES string of the molecule is CCCCCCOc1ccc(N2C(=O)C[C@H](N3C[C@H]4CC=CC[C@H]4C3)C2=O)cc1. The summed E-state index contributed by atoms with van der Waals surface area (Å²) in [7, 11) is 0. The number of nitrogens with zero attached hydrogens (tertiary/aromatic N) is 2. The van der Waals surface area contributed by atoms with Gasteiger partial charge in [0.05, 0.1) is 24.8 Å². The zero-order valence-corrected chi connectivity index (χ0v) is 17.4. The number of benzene rings is 1. The van der Waals surface area contributed by atoms with Crippen LogP contribution in [0, 0.1) is 11.8 Å². The molecular formula is C24H32N2O3. The van der Waals surface area contributed by atoms with Gasteiger partial charge in [0.1, 0.15) is 5.75 Å². The summed E-state index contributed by atoms with van der Waals surface area (Å²) in [4.78, 5) is 29.4. The fourth-order valence-electron chi connectivity index (χ4n) is 4.89. The van der Waals surface area contributed by atoms with Gasteiger partial charge in [-0.3, -0.25) is 14.5 Å². The van der Waals surface area contributed by atoms with Crippen LogP contribution in [0.25, 0.3) is 0 Å². The summed E-state index contributed by atoms with van der Waals surface area (Å²) in [5, 5.41) is 0. The largest absolute Gasteiger partial charge is 0.494 e. The first-order valence-electron chi connectivity index (χ1n) is 11.2. The standard InChI is InChI=1S/C24H32N2O3/c1-2-3-4-7-14-29-21-12-10-20(11-13-21)26-23(27)15-22(24(26)28)25-16-18-8-5-6-9-19(18)17-25/h5-6,10-13,18-19,22H,2-4,7-9,14-17H2,1H3/t18-,19+,22-/m0/s1. The predicted molar refractivity (Wildman–Crippen MR) is 114 cm³/mol. The van der Waals surface area contributed by atoms with Gasteiger partial charge < -0.3 is 4.74 Å². The molecule has 0 aromatic heterocycles. The molecule has 0 saturated carbocycles. The van der Waals surface area contributed by atoms with Crippen molar-refractivity contribution in [2.45, 2.75) is 57.9 Å². The van der Waals surface area contributed by atoms with E-state index in [2.05, 4.69) is 24.0 Å². The van der Waals surface area contributed by atoms with Crippen LogP contribution >= 0.6 is 0 Å². The number of hydrogen-bond donors (Lipinski definition) is 0. The average molecular weight is 397 g/mol. The third kappa shape index (κ3) is 4.40. The number of anilines is 1. The van der Waals surface area contributed by atoms with Gasteiger partial charge in [0.2, 0.25) is 5.91 Å². The Morgan fingerprint density at radius 3 is 2.31 bits per heavy atom. The van der Waals surface area contributed by atoms with E-state index in [0.29, 0.717) is 30.6 Å². The molecule has 3 aliphatic rings. The highest BCUT2D eigenvalue weighted by Crippen LogP contribution is 2.36. The Hall–Kier alpha value is -2.14. The summed E-state index contributed by atoms with van der Waals surface area (Å²) in [5.41, 5.74) is 0.652. The summed E-state index contributed by atoms with van der Waals surface area (Å²) in [6.45, 7) is 4.75. The predicted octanol–water partition coefficient (Wildman–Crippen LogP) is 4.18. The number of carbonyl (C=O) groups is 2. The third-order valence-electron chi connectivity index (χ3n) is 6.57. The molecule has 1 aromatic rings. The van der Waals surface area contributed by atoms with Crippen LogP contribution in [0.15, 0.2) is 36.4 Å². The van der Waals surface area contributed by atoms with Crippen LogP contribution < -0.4 is 9.64 Å². The van der Waals surface area contributed by atoms with Gasteiger partial charge in [0.15, 0.2) is 0 Å². The van der Waals surface area contributed by atoms with Crippen LogP contribution in [0.5, 0.6) is 5.75 Å². The Morgan fingerprint density at radius 2 is 1.66 bits per heavy atom. The highest BCUT2D eigenvalue weighted by molar-refractivity contribution is 6.22. The minimum Gasteiger partial charge on any atom is -0.494 e. The third-order valence-corrected chi connectivity index (χ3v) is 6.57. The van der Waals surface area contributed by atoms with Crippen molar-refractivity contribution in [3.05, 3.63) is 36.4 Å². The topological polar surface area (TPSA) is 49.9 Å². The molecule has 29 heavy (non-hydrogen) atoms. The van der Waals surface area contributed by atoms with Crippen molar-refractivity contribution in [2.24, 2.45) is 11.8 Å². The number of amides is 2. The zero-order valence-electron chi connectivity index (χ0n) is 17.4. The first-order chi connectivity index (χ1) is 14.2. The molecule has 4 rings (SSSR count). The van der Waals surface area contributed by atoms with Crippen molar-refractivity contribution < 1.29 is 14.3 Å². The van der Waals surface area contributed by atoms with Crippen LogP contribution in [0.1, 0.15) is 51.9 Å². The summed E-state index contributed by atoms with van der Waals surface area (Å²) >= 11 is 0. The van der Waals surface area contributed by atoms with Crippen LogP contribution in [-0.4, -0.2) is 42.5 Å². The van der Waals surface area contributed by atoms with Crippen molar-refractivity contribution in [3.8, 4) is 5.75 Å². The molecule has 2 aliphatic heterocycles. The lowest BCUT2D eigenvalue weighted by Gasteiger charge is -2.22. The van der Waals surface area contributed by atoms with Crippen LogP contribution in [0.2, 0.25) is 0 Å².